The van der Waals surface area contributed by atoms with Gasteiger partial charge in [0.15, 0.2) is 0 Å². The van der Waals surface area contributed by atoms with E-state index in [1.807, 2.05) is 24.3 Å². The Morgan fingerprint density at radius 3 is 2.88 bits per heavy atom. The van der Waals surface area contributed by atoms with Crippen molar-refractivity contribution >= 4 is 29.1 Å². The highest BCUT2D eigenvalue weighted by molar-refractivity contribution is 6.05. The van der Waals surface area contributed by atoms with Crippen molar-refractivity contribution in [3.8, 4) is 11.3 Å². The van der Waals surface area contributed by atoms with Gasteiger partial charge in [0.1, 0.15) is 5.84 Å². The summed E-state index contributed by atoms with van der Waals surface area (Å²) in [4.78, 5) is 28.6. The lowest BCUT2D eigenvalue weighted by atomic mass is 10.0. The smallest absolute Gasteiger partial charge is 0.228 e. The van der Waals surface area contributed by atoms with Gasteiger partial charge in [0.25, 0.3) is 0 Å². The Hall–Kier alpha value is -3.78. The second-order valence-electron chi connectivity index (χ2n) is 8.94. The summed E-state index contributed by atoms with van der Waals surface area (Å²) in [7, 11) is 4.19. The van der Waals surface area contributed by atoms with Crippen LogP contribution in [0.3, 0.4) is 0 Å². The third-order valence-electron chi connectivity index (χ3n) is 5.97. The molecule has 0 atom stereocenters. The monoisotopic (exact) mass is 455 g/mol. The molecule has 2 aromatic carbocycles. The van der Waals surface area contributed by atoms with Gasteiger partial charge in [-0.3, -0.25) is 9.79 Å². The maximum Gasteiger partial charge on any atom is 0.228 e. The fourth-order valence-electron chi connectivity index (χ4n) is 4.32. The van der Waals surface area contributed by atoms with Crippen LogP contribution in [0.2, 0.25) is 0 Å². The van der Waals surface area contributed by atoms with Crippen molar-refractivity contribution in [1.29, 1.82) is 0 Å². The molecular weight excluding hydrogens is 426 g/mol. The van der Waals surface area contributed by atoms with E-state index in [1.54, 1.807) is 6.20 Å². The van der Waals surface area contributed by atoms with E-state index in [2.05, 4.69) is 63.1 Å². The molecule has 1 amide bonds. The van der Waals surface area contributed by atoms with Gasteiger partial charge in [0, 0.05) is 35.1 Å². The van der Waals surface area contributed by atoms with E-state index < -0.39 is 0 Å². The first-order chi connectivity index (χ1) is 16.5. The molecule has 8 nitrogen and oxygen atoms in total. The van der Waals surface area contributed by atoms with E-state index >= 15 is 0 Å². The average molecular weight is 456 g/mol. The molecule has 174 valence electrons. The normalized spacial score (nSPS) is 14.6. The van der Waals surface area contributed by atoms with Gasteiger partial charge in [-0.05, 0) is 63.3 Å². The number of benzene rings is 2. The minimum absolute atomic E-state index is 0.0757. The average Bonchev–Trinajstić information content (AvgIpc) is 3.31. The number of nitrogens with one attached hydrogen (secondary N) is 3. The van der Waals surface area contributed by atoms with Crippen LogP contribution in [0.5, 0.6) is 0 Å². The lowest BCUT2D eigenvalue weighted by molar-refractivity contribution is -0.115. The Bertz CT molecular complexity index is 1250. The van der Waals surface area contributed by atoms with Crippen molar-refractivity contribution in [3.05, 3.63) is 65.4 Å². The Labute approximate surface area is 199 Å². The predicted molar refractivity (Wildman–Crippen MR) is 136 cm³/mol. The molecule has 3 heterocycles. The molecule has 0 radical (unpaired) electrons. The summed E-state index contributed by atoms with van der Waals surface area (Å²) in [5.74, 6) is 1.29. The van der Waals surface area contributed by atoms with Gasteiger partial charge in [-0.25, -0.2) is 9.97 Å². The number of hydrogen-bond acceptors (Lipinski definition) is 7. The highest BCUT2D eigenvalue weighted by Crippen LogP contribution is 2.34. The summed E-state index contributed by atoms with van der Waals surface area (Å²) in [5, 5.41) is 9.65. The molecular formula is C26H29N7O. The van der Waals surface area contributed by atoms with E-state index in [9.17, 15) is 4.79 Å². The number of aliphatic imine (C=N–C) groups is 1. The topological polar surface area (TPSA) is 94.5 Å². The highest BCUT2D eigenvalue weighted by Gasteiger charge is 2.22. The van der Waals surface area contributed by atoms with Crippen molar-refractivity contribution in [2.75, 3.05) is 44.4 Å². The summed E-state index contributed by atoms with van der Waals surface area (Å²) in [6.07, 6.45) is 4.10. The number of nitrogens with zero attached hydrogens (tertiary/aromatic N) is 4. The third kappa shape index (κ3) is 4.92. The summed E-state index contributed by atoms with van der Waals surface area (Å²) < 4.78 is 0. The van der Waals surface area contributed by atoms with Crippen LogP contribution >= 0.6 is 0 Å². The molecule has 0 saturated heterocycles. The van der Waals surface area contributed by atoms with Crippen molar-refractivity contribution in [2.45, 2.75) is 19.3 Å². The molecule has 0 unspecified atom stereocenters. The molecule has 3 aromatic rings. The van der Waals surface area contributed by atoms with Crippen LogP contribution in [0.4, 0.5) is 17.3 Å². The maximum absolute atomic E-state index is 12.6. The molecule has 0 aliphatic carbocycles. The maximum atomic E-state index is 12.6. The lowest BCUT2D eigenvalue weighted by Crippen LogP contribution is -2.20. The van der Waals surface area contributed by atoms with Gasteiger partial charge in [0.2, 0.25) is 11.9 Å². The number of fused-ring (bicyclic) bond motifs is 3. The van der Waals surface area contributed by atoms with Crippen molar-refractivity contribution in [3.63, 3.8) is 0 Å². The van der Waals surface area contributed by atoms with Crippen LogP contribution < -0.4 is 16.0 Å². The molecule has 1 aromatic heterocycles. The van der Waals surface area contributed by atoms with Crippen molar-refractivity contribution in [2.24, 2.45) is 4.99 Å². The van der Waals surface area contributed by atoms with Gasteiger partial charge in [0.05, 0.1) is 24.3 Å². The van der Waals surface area contributed by atoms with E-state index in [4.69, 9.17) is 4.98 Å². The number of carbonyl (C=O) groups excluding carboxylic acids is 1. The summed E-state index contributed by atoms with van der Waals surface area (Å²) in [5.41, 5.74) is 6.38. The Kier molecular flexibility index (Phi) is 6.22. The largest absolute Gasteiger partial charge is 0.368 e. The van der Waals surface area contributed by atoms with E-state index in [0.717, 1.165) is 72.1 Å². The summed E-state index contributed by atoms with van der Waals surface area (Å²) in [6.45, 7) is 2.66. The number of amidine groups is 1. The first kappa shape index (κ1) is 22.0. The van der Waals surface area contributed by atoms with Gasteiger partial charge in [-0.15, -0.1) is 0 Å². The SMILES string of the molecule is CN(C)CCCc1cccc(Nc2ncc3c(n2)-c2ccc(C4=NCCN4)cc2NC(=O)C3)c1. The number of aromatic nitrogens is 2. The first-order valence-electron chi connectivity index (χ1n) is 11.6. The van der Waals surface area contributed by atoms with Crippen LogP contribution in [0.25, 0.3) is 11.3 Å². The molecule has 0 saturated carbocycles. The Morgan fingerprint density at radius 1 is 1.15 bits per heavy atom. The molecule has 34 heavy (non-hydrogen) atoms. The van der Waals surface area contributed by atoms with Crippen LogP contribution in [-0.4, -0.2) is 60.3 Å². The molecule has 3 N–H and O–H groups in total. The van der Waals surface area contributed by atoms with Gasteiger partial charge in [-0.1, -0.05) is 18.2 Å². The number of rotatable bonds is 7. The number of hydrogen-bond donors (Lipinski definition) is 3. The second-order valence-corrected chi connectivity index (χ2v) is 8.94. The molecule has 0 bridgehead atoms. The minimum atomic E-state index is -0.0757. The number of aryl methyl sites for hydroxylation is 1. The third-order valence-corrected chi connectivity index (χ3v) is 5.97. The van der Waals surface area contributed by atoms with Crippen LogP contribution in [0.1, 0.15) is 23.1 Å². The minimum Gasteiger partial charge on any atom is -0.368 e. The van der Waals surface area contributed by atoms with Gasteiger partial charge in [-0.2, -0.15) is 0 Å². The summed E-state index contributed by atoms with van der Waals surface area (Å²) in [6, 6.07) is 14.3. The van der Waals surface area contributed by atoms with Crippen LogP contribution in [0, 0.1) is 0 Å². The van der Waals surface area contributed by atoms with Crippen molar-refractivity contribution < 1.29 is 4.79 Å². The summed E-state index contributed by atoms with van der Waals surface area (Å²) >= 11 is 0. The molecule has 2 aliphatic heterocycles. The number of amides is 1. The lowest BCUT2D eigenvalue weighted by Gasteiger charge is -2.13. The van der Waals surface area contributed by atoms with Crippen LogP contribution in [0.15, 0.2) is 53.7 Å². The molecule has 8 heteroatoms. The van der Waals surface area contributed by atoms with E-state index in [0.29, 0.717) is 5.95 Å². The van der Waals surface area contributed by atoms with E-state index in [-0.39, 0.29) is 12.3 Å². The molecule has 5 rings (SSSR count). The Morgan fingerprint density at radius 2 is 2.06 bits per heavy atom. The molecule has 0 spiro atoms. The molecule has 0 fully saturated rings. The zero-order chi connectivity index (χ0) is 23.5. The zero-order valence-electron chi connectivity index (χ0n) is 19.6. The first-order valence-corrected chi connectivity index (χ1v) is 11.6. The van der Waals surface area contributed by atoms with E-state index in [1.165, 1.54) is 5.56 Å². The van der Waals surface area contributed by atoms with Gasteiger partial charge < -0.3 is 20.9 Å². The molecule has 2 aliphatic rings. The fourth-order valence-corrected chi connectivity index (χ4v) is 4.32. The van der Waals surface area contributed by atoms with Crippen LogP contribution in [-0.2, 0) is 17.6 Å². The standard InChI is InChI=1S/C26H29N7O/c1-33(2)12-4-6-17-5-3-7-20(13-17)30-26-29-16-19-15-23(34)31-22-14-18(25-27-10-11-28-25)8-9-21(22)24(19)32-26/h3,5,7-9,13-14,16H,4,6,10-12,15H2,1-2H3,(H,27,28)(H,31,34)(H,29,30,32). The number of carbonyl (C=O) groups is 1. The number of anilines is 3. The van der Waals surface area contributed by atoms with Gasteiger partial charge >= 0.3 is 0 Å². The second kappa shape index (κ2) is 9.61. The highest BCUT2D eigenvalue weighted by atomic mass is 16.1. The zero-order valence-corrected chi connectivity index (χ0v) is 19.6. The Balaban J connectivity index is 1.42. The van der Waals surface area contributed by atoms with Crippen molar-refractivity contribution in [1.82, 2.24) is 20.2 Å². The fraction of sp³-hybridized carbons (Fsp3) is 0.308. The quantitative estimate of drug-likeness (QED) is 0.506. The predicted octanol–water partition coefficient (Wildman–Crippen LogP) is 3.23.